The normalized spacial score (nSPS) is 18.5. The monoisotopic (exact) mass is 346 g/mol. The summed E-state index contributed by atoms with van der Waals surface area (Å²) in [6.07, 6.45) is -2.25. The summed E-state index contributed by atoms with van der Waals surface area (Å²) < 4.78 is 38.8. The van der Waals surface area contributed by atoms with Gasteiger partial charge in [-0.15, -0.1) is 0 Å². The molecule has 1 heterocycles. The number of halogens is 3. The third-order valence-electron chi connectivity index (χ3n) is 4.05. The Bertz CT molecular complexity index is 632. The van der Waals surface area contributed by atoms with Crippen LogP contribution in [0.25, 0.3) is 0 Å². The second-order valence-corrected chi connectivity index (χ2v) is 5.68. The molecule has 1 fully saturated rings. The molecule has 0 radical (unpaired) electrons. The summed E-state index contributed by atoms with van der Waals surface area (Å²) in [5.74, 6) is -0.678. The van der Waals surface area contributed by atoms with Gasteiger partial charge in [-0.25, -0.2) is 0 Å². The summed E-state index contributed by atoms with van der Waals surface area (Å²) >= 11 is 0. The lowest BCUT2D eigenvalue weighted by atomic mass is 9.98. The van der Waals surface area contributed by atoms with Crippen LogP contribution in [0.2, 0.25) is 0 Å². The number of carbonyl (C=O) groups excluding carboxylic acids is 1. The van der Waals surface area contributed by atoms with E-state index < -0.39 is 28.3 Å². The van der Waals surface area contributed by atoms with Crippen molar-refractivity contribution in [2.75, 3.05) is 13.2 Å². The van der Waals surface area contributed by atoms with Gasteiger partial charge in [0.15, 0.2) is 0 Å². The van der Waals surface area contributed by atoms with Gasteiger partial charge < -0.3 is 10.0 Å². The summed E-state index contributed by atoms with van der Waals surface area (Å²) in [5, 5.41) is 20.0. The first-order valence-electron chi connectivity index (χ1n) is 7.52. The zero-order chi connectivity index (χ0) is 17.9. The molecule has 0 unspecified atom stereocenters. The number of alkyl halides is 3. The van der Waals surface area contributed by atoms with Crippen molar-refractivity contribution in [2.24, 2.45) is 0 Å². The maximum Gasteiger partial charge on any atom is 0.416 e. The third kappa shape index (κ3) is 4.02. The number of hydrogen-bond acceptors (Lipinski definition) is 4. The molecular formula is C15H17F3N2O4. The number of rotatable bonds is 4. The van der Waals surface area contributed by atoms with Gasteiger partial charge in [0.2, 0.25) is 0 Å². The number of hydrogen-bond donors (Lipinski definition) is 1. The summed E-state index contributed by atoms with van der Waals surface area (Å²) in [7, 11) is 0. The Morgan fingerprint density at radius 3 is 2.62 bits per heavy atom. The van der Waals surface area contributed by atoms with E-state index in [2.05, 4.69) is 0 Å². The number of carbonyl (C=O) groups is 1. The van der Waals surface area contributed by atoms with Crippen LogP contribution in [0.3, 0.4) is 0 Å². The number of aliphatic hydroxyl groups is 1. The highest BCUT2D eigenvalue weighted by molar-refractivity contribution is 5.95. The van der Waals surface area contributed by atoms with Crippen LogP contribution in [0.5, 0.6) is 0 Å². The Morgan fingerprint density at radius 2 is 2.04 bits per heavy atom. The molecule has 0 aliphatic carbocycles. The van der Waals surface area contributed by atoms with Crippen LogP contribution in [-0.2, 0) is 6.18 Å². The predicted octanol–water partition coefficient (Wildman–Crippen LogP) is 2.99. The molecule has 2 rings (SSSR count). The Balaban J connectivity index is 2.40. The zero-order valence-electron chi connectivity index (χ0n) is 12.8. The van der Waals surface area contributed by atoms with Gasteiger partial charge in [0.05, 0.1) is 10.5 Å². The number of piperidine rings is 1. The quantitative estimate of drug-likeness (QED) is 0.671. The fourth-order valence-electron chi connectivity index (χ4n) is 2.89. The maximum atomic E-state index is 12.9. The minimum Gasteiger partial charge on any atom is -0.396 e. The van der Waals surface area contributed by atoms with Crippen LogP contribution in [0.15, 0.2) is 18.2 Å². The molecule has 24 heavy (non-hydrogen) atoms. The smallest absolute Gasteiger partial charge is 0.396 e. The summed E-state index contributed by atoms with van der Waals surface area (Å²) in [6, 6.07) is 1.64. The second kappa shape index (κ2) is 7.16. The number of nitro benzene ring substituents is 1. The van der Waals surface area contributed by atoms with Crippen LogP contribution in [0, 0.1) is 10.1 Å². The number of nitro groups is 1. The topological polar surface area (TPSA) is 83.7 Å². The fraction of sp³-hybridized carbons (Fsp3) is 0.533. The van der Waals surface area contributed by atoms with E-state index in [9.17, 15) is 28.1 Å². The van der Waals surface area contributed by atoms with Crippen molar-refractivity contribution >= 4 is 11.6 Å². The van der Waals surface area contributed by atoms with Gasteiger partial charge in [-0.3, -0.25) is 14.9 Å². The predicted molar refractivity (Wildman–Crippen MR) is 78.5 cm³/mol. The van der Waals surface area contributed by atoms with Crippen LogP contribution in [0.4, 0.5) is 18.9 Å². The number of benzene rings is 1. The maximum absolute atomic E-state index is 12.9. The molecule has 1 aromatic rings. The lowest BCUT2D eigenvalue weighted by Gasteiger charge is -2.35. The van der Waals surface area contributed by atoms with E-state index in [4.69, 9.17) is 5.11 Å². The molecule has 1 aliphatic heterocycles. The van der Waals surface area contributed by atoms with Gasteiger partial charge in [0.1, 0.15) is 0 Å². The highest BCUT2D eigenvalue weighted by Crippen LogP contribution is 2.33. The zero-order valence-corrected chi connectivity index (χ0v) is 12.8. The van der Waals surface area contributed by atoms with E-state index in [1.807, 2.05) is 0 Å². The first kappa shape index (κ1) is 18.2. The highest BCUT2D eigenvalue weighted by Gasteiger charge is 2.35. The van der Waals surface area contributed by atoms with Gasteiger partial charge in [-0.05, 0) is 31.7 Å². The van der Waals surface area contributed by atoms with Crippen molar-refractivity contribution in [3.05, 3.63) is 39.4 Å². The number of likely N-dealkylation sites (tertiary alicyclic amines) is 1. The molecule has 0 spiro atoms. The third-order valence-corrected chi connectivity index (χ3v) is 4.05. The van der Waals surface area contributed by atoms with Crippen molar-refractivity contribution in [1.82, 2.24) is 4.90 Å². The molecule has 0 bridgehead atoms. The van der Waals surface area contributed by atoms with Crippen LogP contribution in [-0.4, -0.2) is 40.0 Å². The lowest BCUT2D eigenvalue weighted by Crippen LogP contribution is -2.44. The van der Waals surface area contributed by atoms with Gasteiger partial charge in [-0.1, -0.05) is 0 Å². The van der Waals surface area contributed by atoms with E-state index in [0.717, 1.165) is 12.5 Å². The van der Waals surface area contributed by atoms with Crippen molar-refractivity contribution in [3.63, 3.8) is 0 Å². The SMILES string of the molecule is O=C(c1cc([N+](=O)[O-])cc(C(F)(F)F)c1)N1CCCC[C@@H]1CCO. The Kier molecular flexibility index (Phi) is 5.43. The molecule has 1 saturated heterocycles. The van der Waals surface area contributed by atoms with Crippen LogP contribution in [0.1, 0.15) is 41.6 Å². The average Bonchev–Trinajstić information content (AvgIpc) is 2.53. The van der Waals surface area contributed by atoms with E-state index >= 15 is 0 Å². The van der Waals surface area contributed by atoms with Gasteiger partial charge in [0.25, 0.3) is 11.6 Å². The van der Waals surface area contributed by atoms with Crippen molar-refractivity contribution in [3.8, 4) is 0 Å². The molecule has 1 atom stereocenters. The number of aliphatic hydroxyl groups excluding tert-OH is 1. The largest absolute Gasteiger partial charge is 0.416 e. The van der Waals surface area contributed by atoms with E-state index in [1.54, 1.807) is 0 Å². The Hall–Kier alpha value is -2.16. The fourth-order valence-corrected chi connectivity index (χ4v) is 2.89. The number of non-ortho nitro benzene ring substituents is 1. The molecule has 0 saturated carbocycles. The molecule has 0 aromatic heterocycles. The minimum atomic E-state index is -4.78. The average molecular weight is 346 g/mol. The molecule has 1 aromatic carbocycles. The summed E-state index contributed by atoms with van der Waals surface area (Å²) in [5.41, 5.74) is -2.36. The second-order valence-electron chi connectivity index (χ2n) is 5.68. The van der Waals surface area contributed by atoms with E-state index in [-0.39, 0.29) is 18.2 Å². The highest BCUT2D eigenvalue weighted by atomic mass is 19.4. The molecule has 1 N–H and O–H groups in total. The number of amides is 1. The molecule has 1 amide bonds. The first-order valence-corrected chi connectivity index (χ1v) is 7.52. The Labute approximate surface area is 136 Å². The summed E-state index contributed by atoms with van der Waals surface area (Å²) in [4.78, 5) is 23.9. The van der Waals surface area contributed by atoms with Gasteiger partial charge in [0, 0.05) is 36.9 Å². The van der Waals surface area contributed by atoms with Crippen molar-refractivity contribution in [1.29, 1.82) is 0 Å². The van der Waals surface area contributed by atoms with Gasteiger partial charge in [-0.2, -0.15) is 13.2 Å². The van der Waals surface area contributed by atoms with Crippen LogP contribution >= 0.6 is 0 Å². The van der Waals surface area contributed by atoms with Gasteiger partial charge >= 0.3 is 6.18 Å². The van der Waals surface area contributed by atoms with Crippen molar-refractivity contribution < 1.29 is 28.0 Å². The summed E-state index contributed by atoms with van der Waals surface area (Å²) in [6.45, 7) is 0.213. The van der Waals surface area contributed by atoms with E-state index in [0.29, 0.717) is 37.9 Å². The lowest BCUT2D eigenvalue weighted by molar-refractivity contribution is -0.385. The molecule has 6 nitrogen and oxygen atoms in total. The van der Waals surface area contributed by atoms with Crippen LogP contribution < -0.4 is 0 Å². The molecular weight excluding hydrogens is 329 g/mol. The van der Waals surface area contributed by atoms with E-state index in [1.165, 1.54) is 4.90 Å². The van der Waals surface area contributed by atoms with Crippen molar-refractivity contribution in [2.45, 2.75) is 37.9 Å². The minimum absolute atomic E-state index is 0.142. The molecule has 132 valence electrons. The number of nitrogens with zero attached hydrogens (tertiary/aromatic N) is 2. The standard InChI is InChI=1S/C15H17F3N2O4/c16-15(17,18)11-7-10(8-13(9-11)20(23)24)14(22)19-5-2-1-3-12(19)4-6-21/h7-9,12,21H,1-6H2/t12-/m1/s1. The molecule has 9 heteroatoms. The first-order chi connectivity index (χ1) is 11.2. The Morgan fingerprint density at radius 1 is 1.33 bits per heavy atom. The molecule has 1 aliphatic rings.